The summed E-state index contributed by atoms with van der Waals surface area (Å²) in [7, 11) is 0. The van der Waals surface area contributed by atoms with E-state index >= 15 is 0 Å². The molecule has 1 saturated heterocycles. The Labute approximate surface area is 141 Å². The SMILES string of the molecule is CCOC(=O)C[C@H]1CCN(C(=O)OCc2ccc(C)cc2)C[C@H]1F. The molecule has 0 unspecified atom stereocenters. The van der Waals surface area contributed by atoms with Crippen LogP contribution in [0.5, 0.6) is 0 Å². The molecular weight excluding hydrogens is 313 g/mol. The number of halogens is 1. The fraction of sp³-hybridized carbons (Fsp3) is 0.556. The van der Waals surface area contributed by atoms with Gasteiger partial charge in [0, 0.05) is 12.5 Å². The molecule has 1 aromatic rings. The molecule has 132 valence electrons. The van der Waals surface area contributed by atoms with Gasteiger partial charge in [0.2, 0.25) is 0 Å². The predicted octanol–water partition coefficient (Wildman–Crippen LogP) is 3.24. The second kappa shape index (κ2) is 8.66. The number of piperidine rings is 1. The van der Waals surface area contributed by atoms with E-state index in [2.05, 4.69) is 0 Å². The Morgan fingerprint density at radius 3 is 2.58 bits per heavy atom. The number of benzene rings is 1. The first-order valence-electron chi connectivity index (χ1n) is 8.26. The van der Waals surface area contributed by atoms with Crippen molar-refractivity contribution in [3.8, 4) is 0 Å². The lowest BCUT2D eigenvalue weighted by Crippen LogP contribution is -2.45. The van der Waals surface area contributed by atoms with E-state index in [-0.39, 0.29) is 25.5 Å². The number of alkyl halides is 1. The molecule has 0 aliphatic carbocycles. The topological polar surface area (TPSA) is 55.8 Å². The Balaban J connectivity index is 1.78. The first kappa shape index (κ1) is 18.2. The van der Waals surface area contributed by atoms with Crippen molar-refractivity contribution in [3.63, 3.8) is 0 Å². The number of esters is 1. The average Bonchev–Trinajstić information content (AvgIpc) is 2.56. The number of ether oxygens (including phenoxy) is 2. The lowest BCUT2D eigenvalue weighted by atomic mass is 9.92. The molecule has 0 spiro atoms. The molecule has 24 heavy (non-hydrogen) atoms. The van der Waals surface area contributed by atoms with Crippen molar-refractivity contribution < 1.29 is 23.5 Å². The highest BCUT2D eigenvalue weighted by molar-refractivity contribution is 5.70. The van der Waals surface area contributed by atoms with E-state index in [1.54, 1.807) is 6.92 Å². The lowest BCUT2D eigenvalue weighted by molar-refractivity contribution is -0.145. The van der Waals surface area contributed by atoms with Crippen molar-refractivity contribution in [1.29, 1.82) is 0 Å². The molecule has 5 nitrogen and oxygen atoms in total. The molecular formula is C18H24FNO4. The van der Waals surface area contributed by atoms with Gasteiger partial charge in [0.1, 0.15) is 12.8 Å². The monoisotopic (exact) mass is 337 g/mol. The molecule has 0 radical (unpaired) electrons. The van der Waals surface area contributed by atoms with Crippen LogP contribution in [0.15, 0.2) is 24.3 Å². The van der Waals surface area contributed by atoms with Crippen LogP contribution in [-0.4, -0.2) is 42.8 Å². The quantitative estimate of drug-likeness (QED) is 0.774. The van der Waals surface area contributed by atoms with Crippen LogP contribution in [0.3, 0.4) is 0 Å². The van der Waals surface area contributed by atoms with Crippen molar-refractivity contribution >= 4 is 12.1 Å². The molecule has 2 atom stereocenters. The Hall–Kier alpha value is -2.11. The van der Waals surface area contributed by atoms with E-state index in [0.29, 0.717) is 19.6 Å². The Morgan fingerprint density at radius 2 is 1.96 bits per heavy atom. The highest BCUT2D eigenvalue weighted by atomic mass is 19.1. The normalized spacial score (nSPS) is 20.5. The highest BCUT2D eigenvalue weighted by Gasteiger charge is 2.33. The number of hydrogen-bond acceptors (Lipinski definition) is 4. The Bertz CT molecular complexity index is 561. The molecule has 0 N–H and O–H groups in total. The zero-order valence-corrected chi connectivity index (χ0v) is 14.2. The van der Waals surface area contributed by atoms with Crippen molar-refractivity contribution in [3.05, 3.63) is 35.4 Å². The summed E-state index contributed by atoms with van der Waals surface area (Å²) in [5, 5.41) is 0. The first-order chi connectivity index (χ1) is 11.5. The minimum atomic E-state index is -1.24. The molecule has 1 amide bonds. The second-order valence-electron chi connectivity index (χ2n) is 6.06. The van der Waals surface area contributed by atoms with Crippen LogP contribution < -0.4 is 0 Å². The number of carbonyl (C=O) groups is 2. The van der Waals surface area contributed by atoms with Crippen molar-refractivity contribution in [1.82, 2.24) is 4.90 Å². The number of hydrogen-bond donors (Lipinski definition) is 0. The third-order valence-electron chi connectivity index (χ3n) is 4.15. The molecule has 1 aliphatic rings. The zero-order valence-electron chi connectivity index (χ0n) is 14.2. The van der Waals surface area contributed by atoms with Crippen molar-refractivity contribution in [2.24, 2.45) is 5.92 Å². The summed E-state index contributed by atoms with van der Waals surface area (Å²) in [5.41, 5.74) is 2.02. The molecule has 6 heteroatoms. The molecule has 0 bridgehead atoms. The average molecular weight is 337 g/mol. The number of aryl methyl sites for hydroxylation is 1. The molecule has 1 fully saturated rings. The summed E-state index contributed by atoms with van der Waals surface area (Å²) in [6, 6.07) is 7.68. The molecule has 1 aliphatic heterocycles. The van der Waals surface area contributed by atoms with Gasteiger partial charge in [-0.05, 0) is 25.8 Å². The maximum absolute atomic E-state index is 14.2. The van der Waals surface area contributed by atoms with Crippen LogP contribution >= 0.6 is 0 Å². The summed E-state index contributed by atoms with van der Waals surface area (Å²) in [6.07, 6.45) is -1.27. The number of amides is 1. The van der Waals surface area contributed by atoms with Crippen molar-refractivity contribution in [2.45, 2.75) is 39.5 Å². The molecule has 0 saturated carbocycles. The van der Waals surface area contributed by atoms with E-state index in [4.69, 9.17) is 9.47 Å². The third kappa shape index (κ3) is 5.22. The molecule has 1 aromatic carbocycles. The van der Waals surface area contributed by atoms with Gasteiger partial charge >= 0.3 is 12.1 Å². The fourth-order valence-corrected chi connectivity index (χ4v) is 2.70. The van der Waals surface area contributed by atoms with Crippen LogP contribution in [-0.2, 0) is 20.9 Å². The van der Waals surface area contributed by atoms with Gasteiger partial charge < -0.3 is 14.4 Å². The van der Waals surface area contributed by atoms with E-state index in [0.717, 1.165) is 11.1 Å². The van der Waals surface area contributed by atoms with Crippen LogP contribution in [0.1, 0.15) is 30.9 Å². The van der Waals surface area contributed by atoms with Crippen LogP contribution in [0.25, 0.3) is 0 Å². The standard InChI is InChI=1S/C18H24FNO4/c1-3-23-17(21)10-15-8-9-20(11-16(15)19)18(22)24-12-14-6-4-13(2)5-7-14/h4-7,15-16H,3,8-12H2,1-2H3/t15-,16-/m1/s1. The summed E-state index contributed by atoms with van der Waals surface area (Å²) < 4.78 is 24.3. The first-order valence-corrected chi connectivity index (χ1v) is 8.26. The summed E-state index contributed by atoms with van der Waals surface area (Å²) in [4.78, 5) is 24.9. The van der Waals surface area contributed by atoms with E-state index in [1.165, 1.54) is 4.90 Å². The number of nitrogens with zero attached hydrogens (tertiary/aromatic N) is 1. The van der Waals surface area contributed by atoms with E-state index in [9.17, 15) is 14.0 Å². The van der Waals surface area contributed by atoms with Gasteiger partial charge in [-0.1, -0.05) is 29.8 Å². The van der Waals surface area contributed by atoms with E-state index in [1.807, 2.05) is 31.2 Å². The molecule has 1 heterocycles. The largest absolute Gasteiger partial charge is 0.466 e. The van der Waals surface area contributed by atoms with Gasteiger partial charge in [-0.15, -0.1) is 0 Å². The van der Waals surface area contributed by atoms with Crippen molar-refractivity contribution in [2.75, 3.05) is 19.7 Å². The predicted molar refractivity (Wildman–Crippen MR) is 87.2 cm³/mol. The summed E-state index contributed by atoms with van der Waals surface area (Å²) in [5.74, 6) is -0.786. The second-order valence-corrected chi connectivity index (χ2v) is 6.06. The maximum Gasteiger partial charge on any atom is 0.410 e. The zero-order chi connectivity index (χ0) is 17.5. The van der Waals surface area contributed by atoms with Crippen LogP contribution in [0, 0.1) is 12.8 Å². The maximum atomic E-state index is 14.2. The summed E-state index contributed by atoms with van der Waals surface area (Å²) >= 11 is 0. The Kier molecular flexibility index (Phi) is 6.58. The Morgan fingerprint density at radius 1 is 1.25 bits per heavy atom. The van der Waals surface area contributed by atoms with Gasteiger partial charge in [-0.25, -0.2) is 9.18 Å². The number of rotatable bonds is 5. The van der Waals surface area contributed by atoms with Gasteiger partial charge in [-0.2, -0.15) is 0 Å². The number of likely N-dealkylation sites (tertiary alicyclic amines) is 1. The highest BCUT2D eigenvalue weighted by Crippen LogP contribution is 2.24. The van der Waals surface area contributed by atoms with E-state index < -0.39 is 18.2 Å². The summed E-state index contributed by atoms with van der Waals surface area (Å²) in [6.45, 7) is 4.50. The van der Waals surface area contributed by atoms with Gasteiger partial charge in [0.15, 0.2) is 0 Å². The molecule has 2 rings (SSSR count). The third-order valence-corrected chi connectivity index (χ3v) is 4.15. The number of carbonyl (C=O) groups excluding carboxylic acids is 2. The lowest BCUT2D eigenvalue weighted by Gasteiger charge is -2.33. The van der Waals surface area contributed by atoms with Crippen LogP contribution in [0.4, 0.5) is 9.18 Å². The molecule has 0 aromatic heterocycles. The van der Waals surface area contributed by atoms with Gasteiger partial charge in [0.25, 0.3) is 0 Å². The minimum Gasteiger partial charge on any atom is -0.466 e. The smallest absolute Gasteiger partial charge is 0.410 e. The minimum absolute atomic E-state index is 0.0448. The fourth-order valence-electron chi connectivity index (χ4n) is 2.70. The van der Waals surface area contributed by atoms with Gasteiger partial charge in [0.05, 0.1) is 19.6 Å². The van der Waals surface area contributed by atoms with Crippen LogP contribution in [0.2, 0.25) is 0 Å². The van der Waals surface area contributed by atoms with Gasteiger partial charge in [-0.3, -0.25) is 4.79 Å².